The van der Waals surface area contributed by atoms with Crippen LogP contribution in [0.3, 0.4) is 0 Å². The van der Waals surface area contributed by atoms with Crippen molar-refractivity contribution in [3.63, 3.8) is 0 Å². The Morgan fingerprint density at radius 2 is 2.06 bits per heavy atom. The van der Waals surface area contributed by atoms with Gasteiger partial charge in [0.05, 0.1) is 17.7 Å². The smallest absolute Gasteiger partial charge is 0.318 e. The summed E-state index contributed by atoms with van der Waals surface area (Å²) in [5.74, 6) is -0.872. The maximum absolute atomic E-state index is 14.3. The quantitative estimate of drug-likeness (QED) is 0.493. The molecule has 4 aromatic rings. The third-order valence-electron chi connectivity index (χ3n) is 6.31. The second kappa shape index (κ2) is 7.66. The fourth-order valence-corrected chi connectivity index (χ4v) is 4.48. The van der Waals surface area contributed by atoms with E-state index in [1.54, 1.807) is 29.6 Å². The molecule has 2 aliphatic heterocycles. The molecule has 11 nitrogen and oxygen atoms in total. The van der Waals surface area contributed by atoms with E-state index in [1.807, 2.05) is 4.90 Å². The number of fused-ring (bicyclic) bond motifs is 2. The molecule has 1 fully saturated rings. The molecule has 170 valence electrons. The number of halogens is 1. The van der Waals surface area contributed by atoms with Gasteiger partial charge in [0.1, 0.15) is 17.4 Å². The molecule has 0 bridgehead atoms. The van der Waals surface area contributed by atoms with Crippen molar-refractivity contribution >= 4 is 17.4 Å². The summed E-state index contributed by atoms with van der Waals surface area (Å²) in [5.41, 5.74) is 2.44. The van der Waals surface area contributed by atoms with Gasteiger partial charge in [-0.1, -0.05) is 5.10 Å². The Balaban J connectivity index is 1.35. The third kappa shape index (κ3) is 3.33. The highest BCUT2D eigenvalue weighted by molar-refractivity contribution is 5.90. The van der Waals surface area contributed by atoms with Crippen molar-refractivity contribution in [1.29, 1.82) is 0 Å². The number of imidazole rings is 1. The zero-order valence-corrected chi connectivity index (χ0v) is 18.0. The number of aromatic amines is 1. The van der Waals surface area contributed by atoms with E-state index in [9.17, 15) is 9.18 Å². The van der Waals surface area contributed by atoms with Crippen LogP contribution in [0.2, 0.25) is 0 Å². The van der Waals surface area contributed by atoms with Crippen LogP contribution in [0.1, 0.15) is 33.8 Å². The van der Waals surface area contributed by atoms with Crippen molar-refractivity contribution in [2.75, 3.05) is 44.7 Å². The summed E-state index contributed by atoms with van der Waals surface area (Å²) < 4.78 is 21.6. The third-order valence-corrected chi connectivity index (χ3v) is 6.31. The molecule has 0 saturated carbocycles. The van der Waals surface area contributed by atoms with Gasteiger partial charge in [-0.25, -0.2) is 13.9 Å². The molecule has 1 amide bonds. The Bertz CT molecular complexity index is 1320. The lowest BCUT2D eigenvalue weighted by Crippen LogP contribution is -2.44. The minimum absolute atomic E-state index is 0.0807. The van der Waals surface area contributed by atoms with Gasteiger partial charge in [0.2, 0.25) is 0 Å². The second-order valence-corrected chi connectivity index (χ2v) is 8.35. The Labute approximate surface area is 187 Å². The number of hydrogen-bond acceptors (Lipinski definition) is 8. The highest BCUT2D eigenvalue weighted by Crippen LogP contribution is 2.34. The first kappa shape index (κ1) is 19.9. The number of anilines is 1. The van der Waals surface area contributed by atoms with Crippen LogP contribution in [0.25, 0.3) is 5.52 Å². The van der Waals surface area contributed by atoms with Crippen molar-refractivity contribution in [1.82, 2.24) is 39.6 Å². The van der Waals surface area contributed by atoms with Gasteiger partial charge in [0.25, 0.3) is 0 Å². The lowest BCUT2D eigenvalue weighted by molar-refractivity contribution is 0.0646. The molecule has 4 aromatic heterocycles. The first-order valence-corrected chi connectivity index (χ1v) is 10.8. The highest BCUT2D eigenvalue weighted by atomic mass is 19.1. The molecule has 1 saturated heterocycles. The van der Waals surface area contributed by atoms with Crippen LogP contribution in [-0.2, 0) is 6.42 Å². The van der Waals surface area contributed by atoms with E-state index in [1.165, 1.54) is 10.6 Å². The number of hydrogen-bond donors (Lipinski definition) is 1. The summed E-state index contributed by atoms with van der Waals surface area (Å²) in [6.45, 7) is 3.67. The summed E-state index contributed by atoms with van der Waals surface area (Å²) in [6, 6.07) is 4.35. The van der Waals surface area contributed by atoms with E-state index >= 15 is 0 Å². The summed E-state index contributed by atoms with van der Waals surface area (Å²) in [4.78, 5) is 26.9. The van der Waals surface area contributed by atoms with Crippen LogP contribution >= 0.6 is 0 Å². The van der Waals surface area contributed by atoms with Crippen molar-refractivity contribution in [2.24, 2.45) is 0 Å². The molecule has 1 N–H and O–H groups in total. The zero-order valence-electron chi connectivity index (χ0n) is 18.0. The van der Waals surface area contributed by atoms with Gasteiger partial charge in [-0.05, 0) is 25.2 Å². The van der Waals surface area contributed by atoms with E-state index in [0.29, 0.717) is 35.9 Å². The standard InChI is InChI=1S/C21H22FN9O2/c1-28-7-9-29(10-8-28)21-26-25-19(33-21)20(32)30-6-4-14-17(24-12-23-14)18(30)15-11-16-13(22)3-2-5-31(16)27-15/h2-3,5,11-12,18H,4,6-10H2,1H3,(H,23,24). The first-order valence-electron chi connectivity index (χ1n) is 10.8. The van der Waals surface area contributed by atoms with Crippen LogP contribution in [0.15, 0.2) is 35.1 Å². The van der Waals surface area contributed by atoms with Crippen molar-refractivity contribution in [2.45, 2.75) is 12.5 Å². The van der Waals surface area contributed by atoms with Crippen LogP contribution in [0.4, 0.5) is 10.4 Å². The van der Waals surface area contributed by atoms with Gasteiger partial charge in [-0.3, -0.25) is 4.79 Å². The monoisotopic (exact) mass is 451 g/mol. The zero-order chi connectivity index (χ0) is 22.5. The lowest BCUT2D eigenvalue weighted by Gasteiger charge is -2.33. The predicted octanol–water partition coefficient (Wildman–Crippen LogP) is 1.12. The molecule has 1 unspecified atom stereocenters. The van der Waals surface area contributed by atoms with Gasteiger partial charge in [0, 0.05) is 51.0 Å². The van der Waals surface area contributed by atoms with E-state index in [0.717, 1.165) is 31.9 Å². The van der Waals surface area contributed by atoms with Crippen LogP contribution in [-0.4, -0.2) is 85.3 Å². The largest absolute Gasteiger partial charge is 0.399 e. The van der Waals surface area contributed by atoms with Crippen molar-refractivity contribution in [3.8, 4) is 0 Å². The summed E-state index contributed by atoms with van der Waals surface area (Å²) in [5, 5.41) is 12.7. The van der Waals surface area contributed by atoms with Crippen molar-refractivity contribution < 1.29 is 13.6 Å². The van der Waals surface area contributed by atoms with Gasteiger partial charge in [-0.2, -0.15) is 5.10 Å². The molecule has 0 radical (unpaired) electrons. The average molecular weight is 451 g/mol. The molecule has 0 aromatic carbocycles. The SMILES string of the molecule is CN1CCN(c2nnc(C(=O)N3CCc4[nH]cnc4C3c3cc4c(F)cccn4n3)o2)CC1. The van der Waals surface area contributed by atoms with Gasteiger partial charge in [0.15, 0.2) is 0 Å². The maximum Gasteiger partial charge on any atom is 0.318 e. The molecule has 6 rings (SSSR count). The Kier molecular flexibility index (Phi) is 4.61. The molecule has 1 atom stereocenters. The fraction of sp³-hybridized carbons (Fsp3) is 0.381. The van der Waals surface area contributed by atoms with E-state index in [4.69, 9.17) is 4.42 Å². The molecule has 33 heavy (non-hydrogen) atoms. The minimum Gasteiger partial charge on any atom is -0.399 e. The topological polar surface area (TPSA) is 112 Å². The number of aromatic nitrogens is 6. The van der Waals surface area contributed by atoms with Gasteiger partial charge >= 0.3 is 17.8 Å². The number of nitrogens with one attached hydrogen (secondary N) is 1. The Morgan fingerprint density at radius 3 is 2.88 bits per heavy atom. The minimum atomic E-state index is -0.606. The molecule has 0 aliphatic carbocycles. The number of H-pyrrole nitrogens is 1. The number of amides is 1. The van der Waals surface area contributed by atoms with E-state index < -0.39 is 11.9 Å². The average Bonchev–Trinajstić information content (AvgIpc) is 3.57. The number of carbonyl (C=O) groups excluding carboxylic acids is 1. The van der Waals surface area contributed by atoms with Crippen LogP contribution in [0.5, 0.6) is 0 Å². The Morgan fingerprint density at radius 1 is 1.21 bits per heavy atom. The number of pyridine rings is 1. The highest BCUT2D eigenvalue weighted by Gasteiger charge is 2.38. The Hall–Kier alpha value is -3.80. The second-order valence-electron chi connectivity index (χ2n) is 8.35. The van der Waals surface area contributed by atoms with Crippen molar-refractivity contribution in [3.05, 3.63) is 59.5 Å². The van der Waals surface area contributed by atoms with E-state index in [2.05, 4.69) is 37.2 Å². The molecule has 2 aliphatic rings. The summed E-state index contributed by atoms with van der Waals surface area (Å²) in [6.07, 6.45) is 3.86. The normalized spacial score (nSPS) is 19.3. The molecule has 6 heterocycles. The summed E-state index contributed by atoms with van der Waals surface area (Å²) >= 11 is 0. The van der Waals surface area contributed by atoms with Crippen LogP contribution < -0.4 is 4.90 Å². The molecular weight excluding hydrogens is 429 g/mol. The number of rotatable bonds is 3. The first-order chi connectivity index (χ1) is 16.1. The predicted molar refractivity (Wildman–Crippen MR) is 114 cm³/mol. The number of carbonyl (C=O) groups is 1. The fourth-order valence-electron chi connectivity index (χ4n) is 4.48. The molecule has 12 heteroatoms. The number of likely N-dealkylation sites (N-methyl/N-ethyl adjacent to an activating group) is 1. The molecule has 0 spiro atoms. The maximum atomic E-state index is 14.3. The van der Waals surface area contributed by atoms with E-state index in [-0.39, 0.29) is 11.7 Å². The summed E-state index contributed by atoms with van der Waals surface area (Å²) in [7, 11) is 2.06. The molecular formula is C21H22FN9O2. The van der Waals surface area contributed by atoms with Crippen LogP contribution in [0, 0.1) is 5.82 Å². The van der Waals surface area contributed by atoms with Gasteiger partial charge < -0.3 is 24.1 Å². The lowest BCUT2D eigenvalue weighted by atomic mass is 9.99. The number of piperazine rings is 1. The van der Waals surface area contributed by atoms with Gasteiger partial charge in [-0.15, -0.1) is 5.10 Å². The number of nitrogens with zero attached hydrogens (tertiary/aromatic N) is 8.